The van der Waals surface area contributed by atoms with Crippen molar-refractivity contribution in [2.45, 2.75) is 19.9 Å². The molecule has 0 unspecified atom stereocenters. The second-order valence-electron chi connectivity index (χ2n) is 3.27. The second kappa shape index (κ2) is 8.06. The van der Waals surface area contributed by atoms with Crippen molar-refractivity contribution >= 4 is 45.6 Å². The fraction of sp³-hybridized carbons (Fsp3) is 0.500. The number of carbonyl (C=O) groups is 1. The minimum atomic E-state index is -0.0124. The molecule has 1 atom stereocenters. The smallest absolute Gasteiger partial charge is 0.262 e. The Morgan fingerprint density at radius 3 is 2.81 bits per heavy atom. The molecule has 0 saturated heterocycles. The standard InChI is InChI=1S/C10H15BrN2OS.ClH/c1-3-12-7(2)6-13-10(14)9-8(11)4-5-15-9;/h4-5,7,12H,3,6H2,1-2H3,(H,13,14);1H/t7-;/m1./s1. The summed E-state index contributed by atoms with van der Waals surface area (Å²) in [5.74, 6) is -0.0124. The minimum Gasteiger partial charge on any atom is -0.350 e. The number of rotatable bonds is 5. The number of thiophene rings is 1. The Morgan fingerprint density at radius 1 is 1.62 bits per heavy atom. The van der Waals surface area contributed by atoms with E-state index >= 15 is 0 Å². The highest BCUT2D eigenvalue weighted by molar-refractivity contribution is 9.10. The average Bonchev–Trinajstić information content (AvgIpc) is 2.61. The second-order valence-corrected chi connectivity index (χ2v) is 5.04. The number of halogens is 2. The van der Waals surface area contributed by atoms with Crippen LogP contribution in [0.2, 0.25) is 0 Å². The fourth-order valence-corrected chi connectivity index (χ4v) is 2.67. The van der Waals surface area contributed by atoms with E-state index in [0.29, 0.717) is 12.6 Å². The van der Waals surface area contributed by atoms with Gasteiger partial charge in [-0.25, -0.2) is 0 Å². The predicted octanol–water partition coefficient (Wildman–Crippen LogP) is 2.66. The summed E-state index contributed by atoms with van der Waals surface area (Å²) >= 11 is 4.78. The molecule has 1 amide bonds. The van der Waals surface area contributed by atoms with Crippen LogP contribution in [0.15, 0.2) is 15.9 Å². The van der Waals surface area contributed by atoms with Crippen molar-refractivity contribution < 1.29 is 4.79 Å². The molecule has 0 spiro atoms. The zero-order valence-corrected chi connectivity index (χ0v) is 12.5. The van der Waals surface area contributed by atoms with Crippen LogP contribution in [0.4, 0.5) is 0 Å². The molecule has 0 aliphatic rings. The van der Waals surface area contributed by atoms with Crippen LogP contribution in [0.25, 0.3) is 0 Å². The Morgan fingerprint density at radius 2 is 2.31 bits per heavy atom. The van der Waals surface area contributed by atoms with Crippen LogP contribution in [-0.2, 0) is 0 Å². The van der Waals surface area contributed by atoms with Crippen LogP contribution in [0.5, 0.6) is 0 Å². The van der Waals surface area contributed by atoms with Gasteiger partial charge >= 0.3 is 0 Å². The van der Waals surface area contributed by atoms with Crippen molar-refractivity contribution in [3.8, 4) is 0 Å². The van der Waals surface area contributed by atoms with Gasteiger partial charge in [0.2, 0.25) is 0 Å². The summed E-state index contributed by atoms with van der Waals surface area (Å²) in [6, 6.07) is 2.19. The Labute approximate surface area is 115 Å². The summed E-state index contributed by atoms with van der Waals surface area (Å²) in [6.45, 7) is 5.66. The van der Waals surface area contributed by atoms with E-state index in [0.717, 1.165) is 15.9 Å². The third kappa shape index (κ3) is 4.82. The Hall–Kier alpha value is -0.100. The molecule has 92 valence electrons. The molecule has 6 heteroatoms. The average molecular weight is 328 g/mol. The number of likely N-dealkylation sites (N-methyl/N-ethyl adjacent to an activating group) is 1. The van der Waals surface area contributed by atoms with E-state index < -0.39 is 0 Å². The largest absolute Gasteiger partial charge is 0.350 e. The summed E-state index contributed by atoms with van der Waals surface area (Å²) < 4.78 is 0.862. The van der Waals surface area contributed by atoms with Gasteiger partial charge < -0.3 is 10.6 Å². The normalized spacial score (nSPS) is 11.7. The van der Waals surface area contributed by atoms with Crippen molar-refractivity contribution in [1.82, 2.24) is 10.6 Å². The van der Waals surface area contributed by atoms with Crippen molar-refractivity contribution in [2.24, 2.45) is 0 Å². The molecule has 0 aliphatic heterocycles. The first-order valence-corrected chi connectivity index (χ1v) is 6.57. The first-order chi connectivity index (χ1) is 7.15. The van der Waals surface area contributed by atoms with Crippen LogP contribution in [0.3, 0.4) is 0 Å². The molecule has 16 heavy (non-hydrogen) atoms. The fourth-order valence-electron chi connectivity index (χ4n) is 1.20. The molecule has 0 radical (unpaired) electrons. The van der Waals surface area contributed by atoms with Crippen LogP contribution >= 0.6 is 39.7 Å². The molecule has 1 aromatic rings. The van der Waals surface area contributed by atoms with Gasteiger partial charge in [0.05, 0.1) is 0 Å². The Balaban J connectivity index is 0.00000225. The summed E-state index contributed by atoms with van der Waals surface area (Å²) in [5, 5.41) is 8.02. The molecule has 1 rings (SSSR count). The quantitative estimate of drug-likeness (QED) is 0.873. The van der Waals surface area contributed by atoms with E-state index in [9.17, 15) is 4.79 Å². The third-order valence-corrected chi connectivity index (χ3v) is 3.78. The molecule has 0 saturated carbocycles. The van der Waals surface area contributed by atoms with Crippen molar-refractivity contribution in [3.05, 3.63) is 20.8 Å². The Kier molecular flexibility index (Phi) is 8.01. The summed E-state index contributed by atoms with van der Waals surface area (Å²) in [7, 11) is 0. The number of hydrogen-bond acceptors (Lipinski definition) is 3. The van der Waals surface area contributed by atoms with E-state index in [2.05, 4.69) is 26.6 Å². The first kappa shape index (κ1) is 15.9. The highest BCUT2D eigenvalue weighted by atomic mass is 79.9. The molecule has 0 aromatic carbocycles. The van der Waals surface area contributed by atoms with E-state index in [1.807, 2.05) is 25.3 Å². The SMILES string of the molecule is CCN[C@H](C)CNC(=O)c1sccc1Br.Cl. The molecule has 3 nitrogen and oxygen atoms in total. The number of nitrogens with one attached hydrogen (secondary N) is 2. The monoisotopic (exact) mass is 326 g/mol. The van der Waals surface area contributed by atoms with Crippen LogP contribution in [0, 0.1) is 0 Å². The van der Waals surface area contributed by atoms with E-state index in [1.54, 1.807) is 0 Å². The highest BCUT2D eigenvalue weighted by Crippen LogP contribution is 2.22. The molecule has 0 aliphatic carbocycles. The zero-order chi connectivity index (χ0) is 11.3. The van der Waals surface area contributed by atoms with Crippen LogP contribution in [0.1, 0.15) is 23.5 Å². The Bertz CT molecular complexity index is 332. The van der Waals surface area contributed by atoms with Gasteiger partial charge in [-0.3, -0.25) is 4.79 Å². The van der Waals surface area contributed by atoms with E-state index in [1.165, 1.54) is 11.3 Å². The predicted molar refractivity (Wildman–Crippen MR) is 74.7 cm³/mol. The van der Waals surface area contributed by atoms with Crippen molar-refractivity contribution in [3.63, 3.8) is 0 Å². The molecule has 1 heterocycles. The summed E-state index contributed by atoms with van der Waals surface area (Å²) in [4.78, 5) is 12.4. The van der Waals surface area contributed by atoms with E-state index in [4.69, 9.17) is 0 Å². The summed E-state index contributed by atoms with van der Waals surface area (Å²) in [6.07, 6.45) is 0. The molecule has 0 fully saturated rings. The van der Waals surface area contributed by atoms with Crippen LogP contribution in [-0.4, -0.2) is 25.0 Å². The van der Waals surface area contributed by atoms with Gasteiger partial charge in [-0.05, 0) is 40.8 Å². The van der Waals surface area contributed by atoms with Gasteiger partial charge in [0.25, 0.3) is 5.91 Å². The van der Waals surface area contributed by atoms with Gasteiger partial charge in [0.1, 0.15) is 4.88 Å². The highest BCUT2D eigenvalue weighted by Gasteiger charge is 2.11. The molecule has 1 aromatic heterocycles. The number of hydrogen-bond donors (Lipinski definition) is 2. The maximum absolute atomic E-state index is 11.7. The minimum absolute atomic E-state index is 0. The lowest BCUT2D eigenvalue weighted by Crippen LogP contribution is -2.38. The molecule has 0 bridgehead atoms. The lowest BCUT2D eigenvalue weighted by Gasteiger charge is -2.12. The van der Waals surface area contributed by atoms with Crippen molar-refractivity contribution in [2.75, 3.05) is 13.1 Å². The van der Waals surface area contributed by atoms with Crippen LogP contribution < -0.4 is 10.6 Å². The van der Waals surface area contributed by atoms with Gasteiger partial charge in [0, 0.05) is 17.1 Å². The zero-order valence-electron chi connectivity index (χ0n) is 9.25. The van der Waals surface area contributed by atoms with Gasteiger partial charge in [-0.1, -0.05) is 6.92 Å². The number of carbonyl (C=O) groups excluding carboxylic acids is 1. The van der Waals surface area contributed by atoms with Gasteiger partial charge in [0.15, 0.2) is 0 Å². The lowest BCUT2D eigenvalue weighted by molar-refractivity contribution is 0.0953. The van der Waals surface area contributed by atoms with Gasteiger partial charge in [-0.15, -0.1) is 23.7 Å². The lowest BCUT2D eigenvalue weighted by atomic mass is 10.3. The van der Waals surface area contributed by atoms with Crippen molar-refractivity contribution in [1.29, 1.82) is 0 Å². The third-order valence-electron chi connectivity index (χ3n) is 1.94. The maximum atomic E-state index is 11.7. The maximum Gasteiger partial charge on any atom is 0.262 e. The molecule has 2 N–H and O–H groups in total. The van der Waals surface area contributed by atoms with Gasteiger partial charge in [-0.2, -0.15) is 0 Å². The first-order valence-electron chi connectivity index (χ1n) is 4.89. The number of amides is 1. The molecular weight excluding hydrogens is 312 g/mol. The topological polar surface area (TPSA) is 41.1 Å². The summed E-state index contributed by atoms with van der Waals surface area (Å²) in [5.41, 5.74) is 0. The van der Waals surface area contributed by atoms with E-state index in [-0.39, 0.29) is 18.3 Å². The molecular formula is C10H16BrClN2OS.